The van der Waals surface area contributed by atoms with Crippen LogP contribution in [-0.4, -0.2) is 46.7 Å². The average molecular weight is 561 g/mol. The highest BCUT2D eigenvalue weighted by Gasteiger charge is 2.36. The smallest absolute Gasteiger partial charge is 0.293 e. The molecule has 0 atom stereocenters. The molecule has 198 valence electrons. The molecule has 0 spiro atoms. The lowest BCUT2D eigenvalue weighted by Gasteiger charge is -2.11. The van der Waals surface area contributed by atoms with Crippen LogP contribution in [0.4, 0.5) is 4.79 Å². The average Bonchev–Trinajstić information content (AvgIpc) is 3.43. The molecule has 1 aliphatic heterocycles. The number of aryl methyl sites for hydroxylation is 1. The molecule has 1 aliphatic rings. The zero-order chi connectivity index (χ0) is 27.4. The third kappa shape index (κ3) is 5.87. The van der Waals surface area contributed by atoms with Crippen LogP contribution in [0, 0.1) is 0 Å². The SMILES string of the molecule is COc1ccccc1OCCCn1cc(/C=C2\SC(=O)N(CC(=O)c3ccc(Cl)cc3)C2=O)c2ccccc21. The highest BCUT2D eigenvalue weighted by atomic mass is 35.5. The molecule has 7 nitrogen and oxygen atoms in total. The molecule has 0 bridgehead atoms. The Morgan fingerprint density at radius 1 is 0.974 bits per heavy atom. The van der Waals surface area contributed by atoms with Gasteiger partial charge < -0.3 is 14.0 Å². The summed E-state index contributed by atoms with van der Waals surface area (Å²) in [5.74, 6) is 0.579. The van der Waals surface area contributed by atoms with Gasteiger partial charge in [0.25, 0.3) is 11.1 Å². The number of Topliss-reactive ketones (excluding diaryl/α,β-unsaturated/α-hetero) is 1. The van der Waals surface area contributed by atoms with E-state index < -0.39 is 11.1 Å². The van der Waals surface area contributed by atoms with E-state index in [0.29, 0.717) is 35.2 Å². The largest absolute Gasteiger partial charge is 0.493 e. The van der Waals surface area contributed by atoms with Crippen molar-refractivity contribution in [2.45, 2.75) is 13.0 Å². The van der Waals surface area contributed by atoms with Crippen molar-refractivity contribution >= 4 is 57.3 Å². The molecule has 1 saturated heterocycles. The maximum Gasteiger partial charge on any atom is 0.293 e. The molecule has 9 heteroatoms. The van der Waals surface area contributed by atoms with E-state index in [1.54, 1.807) is 37.5 Å². The van der Waals surface area contributed by atoms with E-state index in [9.17, 15) is 14.4 Å². The summed E-state index contributed by atoms with van der Waals surface area (Å²) in [7, 11) is 1.61. The van der Waals surface area contributed by atoms with Gasteiger partial charge >= 0.3 is 0 Å². The topological polar surface area (TPSA) is 77.8 Å². The standard InChI is InChI=1S/C30H25ClN2O5S/c1-37-26-9-4-5-10-27(26)38-16-6-15-32-18-21(23-7-2-3-8-24(23)32)17-28-29(35)33(30(36)39-28)19-25(34)20-11-13-22(31)14-12-20/h2-5,7-14,17-18H,6,15-16,19H2,1H3/b28-17-. The van der Waals surface area contributed by atoms with Crippen molar-refractivity contribution in [1.82, 2.24) is 9.47 Å². The van der Waals surface area contributed by atoms with Gasteiger partial charge in [0.15, 0.2) is 17.3 Å². The van der Waals surface area contributed by atoms with Crippen molar-refractivity contribution in [3.63, 3.8) is 0 Å². The van der Waals surface area contributed by atoms with Gasteiger partial charge in [-0.25, -0.2) is 0 Å². The number of benzene rings is 3. The van der Waals surface area contributed by atoms with E-state index >= 15 is 0 Å². The lowest BCUT2D eigenvalue weighted by Crippen LogP contribution is -2.33. The number of halogens is 1. The van der Waals surface area contributed by atoms with E-state index in [-0.39, 0.29) is 17.2 Å². The van der Waals surface area contributed by atoms with Gasteiger partial charge in [-0.15, -0.1) is 0 Å². The predicted octanol–water partition coefficient (Wildman–Crippen LogP) is 6.69. The van der Waals surface area contributed by atoms with Crippen LogP contribution in [0.15, 0.2) is 83.9 Å². The zero-order valence-electron chi connectivity index (χ0n) is 21.1. The molecule has 2 amide bonds. The van der Waals surface area contributed by atoms with Crippen LogP contribution in [0.5, 0.6) is 11.5 Å². The summed E-state index contributed by atoms with van der Waals surface area (Å²) in [5.41, 5.74) is 2.23. The van der Waals surface area contributed by atoms with Crippen LogP contribution < -0.4 is 9.47 Å². The van der Waals surface area contributed by atoms with Crippen LogP contribution in [0.1, 0.15) is 22.3 Å². The molecule has 0 radical (unpaired) electrons. The molecule has 4 aromatic rings. The number of carbonyl (C=O) groups excluding carboxylic acids is 3. The van der Waals surface area contributed by atoms with E-state index in [0.717, 1.165) is 39.5 Å². The van der Waals surface area contributed by atoms with Crippen LogP contribution in [0.25, 0.3) is 17.0 Å². The van der Waals surface area contributed by atoms with Gasteiger partial charge in [0.2, 0.25) is 0 Å². The minimum Gasteiger partial charge on any atom is -0.493 e. The second kappa shape index (κ2) is 11.8. The van der Waals surface area contributed by atoms with E-state index in [2.05, 4.69) is 4.57 Å². The lowest BCUT2D eigenvalue weighted by molar-refractivity contribution is -0.122. The molecule has 2 heterocycles. The fourth-order valence-corrected chi connectivity index (χ4v) is 5.33. The molecule has 0 N–H and O–H groups in total. The number of para-hydroxylation sites is 3. The third-order valence-corrected chi connectivity index (χ3v) is 7.48. The van der Waals surface area contributed by atoms with E-state index in [1.807, 2.05) is 54.7 Å². The number of methoxy groups -OCH3 is 1. The molecule has 1 fully saturated rings. The molecule has 0 unspecified atom stereocenters. The molecule has 39 heavy (non-hydrogen) atoms. The lowest BCUT2D eigenvalue weighted by atomic mass is 10.1. The minimum absolute atomic E-state index is 0.284. The van der Waals surface area contributed by atoms with Gasteiger partial charge in [-0.2, -0.15) is 0 Å². The van der Waals surface area contributed by atoms with Gasteiger partial charge in [0, 0.05) is 39.8 Å². The van der Waals surface area contributed by atoms with Crippen molar-refractivity contribution in [2.24, 2.45) is 0 Å². The van der Waals surface area contributed by atoms with Gasteiger partial charge in [-0.1, -0.05) is 41.9 Å². The van der Waals surface area contributed by atoms with E-state index in [4.69, 9.17) is 21.1 Å². The number of thioether (sulfide) groups is 1. The Hall–Kier alpha value is -4.01. The summed E-state index contributed by atoms with van der Waals surface area (Å²) in [4.78, 5) is 39.7. The number of nitrogens with zero attached hydrogens (tertiary/aromatic N) is 2. The molecular weight excluding hydrogens is 536 g/mol. The summed E-state index contributed by atoms with van der Waals surface area (Å²) in [5, 5.41) is 1.00. The number of fused-ring (bicyclic) bond motifs is 1. The Kier molecular flexibility index (Phi) is 8.05. The second-order valence-electron chi connectivity index (χ2n) is 8.85. The molecule has 3 aromatic carbocycles. The molecule has 0 saturated carbocycles. The number of hydrogen-bond acceptors (Lipinski definition) is 6. The number of carbonyl (C=O) groups is 3. The van der Waals surface area contributed by atoms with Crippen molar-refractivity contribution in [3.8, 4) is 11.5 Å². The molecular formula is C30H25ClN2O5S. The van der Waals surface area contributed by atoms with Crippen LogP contribution in [0.3, 0.4) is 0 Å². The monoisotopic (exact) mass is 560 g/mol. The molecule has 1 aromatic heterocycles. The Balaban J connectivity index is 1.29. The van der Waals surface area contributed by atoms with Crippen LogP contribution in [0.2, 0.25) is 5.02 Å². The normalized spacial score (nSPS) is 14.4. The maximum atomic E-state index is 13.1. The quantitative estimate of drug-likeness (QED) is 0.122. The highest BCUT2D eigenvalue weighted by molar-refractivity contribution is 8.18. The summed E-state index contributed by atoms with van der Waals surface area (Å²) in [6.07, 6.45) is 4.45. The Labute approximate surface area is 234 Å². The van der Waals surface area contributed by atoms with E-state index in [1.165, 1.54) is 0 Å². The Bertz CT molecular complexity index is 1580. The first-order chi connectivity index (χ1) is 18.9. The number of ketones is 1. The van der Waals surface area contributed by atoms with Gasteiger partial charge in [0.05, 0.1) is 25.2 Å². The number of aromatic nitrogens is 1. The van der Waals surface area contributed by atoms with Crippen molar-refractivity contribution in [1.29, 1.82) is 0 Å². The van der Waals surface area contributed by atoms with Crippen molar-refractivity contribution < 1.29 is 23.9 Å². The van der Waals surface area contributed by atoms with Gasteiger partial charge in [-0.05, 0) is 66.7 Å². The number of ether oxygens (including phenoxy) is 2. The Morgan fingerprint density at radius 2 is 1.69 bits per heavy atom. The summed E-state index contributed by atoms with van der Waals surface area (Å²) in [6.45, 7) is 0.876. The van der Waals surface area contributed by atoms with Crippen molar-refractivity contribution in [3.05, 3.63) is 100 Å². The number of amides is 2. The predicted molar refractivity (Wildman–Crippen MR) is 154 cm³/mol. The minimum atomic E-state index is -0.477. The summed E-state index contributed by atoms with van der Waals surface area (Å²) < 4.78 is 13.4. The molecule has 5 rings (SSSR count). The fourth-order valence-electron chi connectivity index (χ4n) is 4.38. The second-order valence-corrected chi connectivity index (χ2v) is 10.3. The Morgan fingerprint density at radius 3 is 2.46 bits per heavy atom. The first kappa shape index (κ1) is 26.6. The number of hydrogen-bond donors (Lipinski definition) is 0. The molecule has 0 aliphatic carbocycles. The summed E-state index contributed by atoms with van der Waals surface area (Å²) in [6, 6.07) is 21.8. The first-order valence-electron chi connectivity index (χ1n) is 12.3. The van der Waals surface area contributed by atoms with Crippen LogP contribution in [-0.2, 0) is 11.3 Å². The zero-order valence-corrected chi connectivity index (χ0v) is 22.7. The van der Waals surface area contributed by atoms with Crippen LogP contribution >= 0.6 is 23.4 Å². The van der Waals surface area contributed by atoms with Gasteiger partial charge in [0.1, 0.15) is 0 Å². The van der Waals surface area contributed by atoms with Gasteiger partial charge in [-0.3, -0.25) is 19.3 Å². The summed E-state index contributed by atoms with van der Waals surface area (Å²) >= 11 is 6.73. The number of imide groups is 1. The highest BCUT2D eigenvalue weighted by Crippen LogP contribution is 2.34. The third-order valence-electron chi connectivity index (χ3n) is 6.32. The first-order valence-corrected chi connectivity index (χ1v) is 13.5. The maximum absolute atomic E-state index is 13.1. The fraction of sp³-hybridized carbons (Fsp3) is 0.167. The van der Waals surface area contributed by atoms with Crippen molar-refractivity contribution in [2.75, 3.05) is 20.3 Å². The number of rotatable bonds is 10.